The molecule has 1 amide bonds. The van der Waals surface area contributed by atoms with Crippen LogP contribution < -0.4 is 16.4 Å². The molecule has 0 saturated heterocycles. The van der Waals surface area contributed by atoms with Gasteiger partial charge in [-0.05, 0) is 31.9 Å². The molecule has 128 valence electrons. The van der Waals surface area contributed by atoms with E-state index in [2.05, 4.69) is 5.32 Å². The molecule has 24 heavy (non-hydrogen) atoms. The molecule has 6 nitrogen and oxygen atoms in total. The maximum atomic E-state index is 12.4. The summed E-state index contributed by atoms with van der Waals surface area (Å²) >= 11 is 0. The number of nitrogens with zero attached hydrogens (tertiary/aromatic N) is 2. The minimum Gasteiger partial charge on any atom is -0.352 e. The Hall–Kier alpha value is -2.37. The van der Waals surface area contributed by atoms with Crippen LogP contribution in [0.1, 0.15) is 39.0 Å². The minimum atomic E-state index is -0.644. The van der Waals surface area contributed by atoms with Crippen LogP contribution in [0.5, 0.6) is 0 Å². The van der Waals surface area contributed by atoms with Gasteiger partial charge in [0.05, 0.1) is 11.0 Å². The monoisotopic (exact) mass is 329 g/mol. The predicted molar refractivity (Wildman–Crippen MR) is 93.2 cm³/mol. The average molecular weight is 329 g/mol. The van der Waals surface area contributed by atoms with E-state index in [1.165, 1.54) is 15.6 Å². The zero-order valence-corrected chi connectivity index (χ0v) is 14.0. The SMILES string of the molecule is CCn1c(=O)c(=O)n(CC(=O)NC2CCCCC2)c2ccccc21. The summed E-state index contributed by atoms with van der Waals surface area (Å²) in [6.45, 7) is 2.13. The summed E-state index contributed by atoms with van der Waals surface area (Å²) in [5, 5.41) is 3.00. The van der Waals surface area contributed by atoms with E-state index in [1.54, 1.807) is 12.1 Å². The van der Waals surface area contributed by atoms with Gasteiger partial charge in [-0.15, -0.1) is 0 Å². The Morgan fingerprint density at radius 2 is 1.62 bits per heavy atom. The Bertz CT molecular complexity index is 860. The third-order valence-electron chi connectivity index (χ3n) is 4.72. The molecule has 1 aromatic carbocycles. The highest BCUT2D eigenvalue weighted by Crippen LogP contribution is 2.17. The number of rotatable bonds is 4. The molecule has 0 spiro atoms. The van der Waals surface area contributed by atoms with Crippen molar-refractivity contribution in [3.8, 4) is 0 Å². The van der Waals surface area contributed by atoms with Crippen LogP contribution in [0.3, 0.4) is 0 Å². The van der Waals surface area contributed by atoms with Crippen molar-refractivity contribution < 1.29 is 4.79 Å². The van der Waals surface area contributed by atoms with Gasteiger partial charge in [0.15, 0.2) is 0 Å². The lowest BCUT2D eigenvalue weighted by Crippen LogP contribution is -2.45. The molecule has 0 bridgehead atoms. The quantitative estimate of drug-likeness (QED) is 0.867. The molecular weight excluding hydrogens is 306 g/mol. The summed E-state index contributed by atoms with van der Waals surface area (Å²) in [6, 6.07) is 7.39. The highest BCUT2D eigenvalue weighted by Gasteiger charge is 2.18. The van der Waals surface area contributed by atoms with Crippen molar-refractivity contribution in [2.24, 2.45) is 0 Å². The van der Waals surface area contributed by atoms with Crippen molar-refractivity contribution in [1.82, 2.24) is 14.5 Å². The number of carbonyl (C=O) groups is 1. The van der Waals surface area contributed by atoms with E-state index < -0.39 is 11.1 Å². The second-order valence-electron chi connectivity index (χ2n) is 6.33. The molecule has 2 aromatic rings. The Labute approximate surface area is 140 Å². The first-order valence-corrected chi connectivity index (χ1v) is 8.63. The van der Waals surface area contributed by atoms with Crippen LogP contribution in [0.4, 0.5) is 0 Å². The van der Waals surface area contributed by atoms with E-state index in [-0.39, 0.29) is 18.5 Å². The Balaban J connectivity index is 1.94. The van der Waals surface area contributed by atoms with Crippen LogP contribution in [-0.4, -0.2) is 21.1 Å². The second-order valence-corrected chi connectivity index (χ2v) is 6.33. The fraction of sp³-hybridized carbons (Fsp3) is 0.500. The maximum Gasteiger partial charge on any atom is 0.317 e. The van der Waals surface area contributed by atoms with E-state index in [9.17, 15) is 14.4 Å². The largest absolute Gasteiger partial charge is 0.352 e. The lowest BCUT2D eigenvalue weighted by atomic mass is 9.95. The van der Waals surface area contributed by atoms with Crippen molar-refractivity contribution in [2.75, 3.05) is 0 Å². The summed E-state index contributed by atoms with van der Waals surface area (Å²) in [5.41, 5.74) is 0.0637. The van der Waals surface area contributed by atoms with Crippen LogP contribution in [0.2, 0.25) is 0 Å². The number of aromatic nitrogens is 2. The van der Waals surface area contributed by atoms with Crippen molar-refractivity contribution in [1.29, 1.82) is 0 Å². The average Bonchev–Trinajstić information content (AvgIpc) is 2.60. The van der Waals surface area contributed by atoms with E-state index in [0.29, 0.717) is 17.6 Å². The second kappa shape index (κ2) is 7.03. The smallest absolute Gasteiger partial charge is 0.317 e. The number of hydrogen-bond donors (Lipinski definition) is 1. The summed E-state index contributed by atoms with van der Waals surface area (Å²) < 4.78 is 2.75. The first-order valence-electron chi connectivity index (χ1n) is 8.63. The topological polar surface area (TPSA) is 73.1 Å². The van der Waals surface area contributed by atoms with Crippen molar-refractivity contribution in [3.63, 3.8) is 0 Å². The molecule has 1 aromatic heterocycles. The van der Waals surface area contributed by atoms with Crippen LogP contribution in [0.25, 0.3) is 11.0 Å². The zero-order chi connectivity index (χ0) is 17.1. The number of nitrogens with one attached hydrogen (secondary N) is 1. The lowest BCUT2D eigenvalue weighted by Gasteiger charge is -2.23. The maximum absolute atomic E-state index is 12.4. The van der Waals surface area contributed by atoms with Gasteiger partial charge in [-0.3, -0.25) is 19.0 Å². The highest BCUT2D eigenvalue weighted by atomic mass is 16.2. The van der Waals surface area contributed by atoms with Gasteiger partial charge < -0.3 is 9.88 Å². The van der Waals surface area contributed by atoms with Crippen LogP contribution in [-0.2, 0) is 17.9 Å². The van der Waals surface area contributed by atoms with Gasteiger partial charge in [0.2, 0.25) is 5.91 Å². The van der Waals surface area contributed by atoms with Gasteiger partial charge in [-0.25, -0.2) is 0 Å². The molecule has 1 saturated carbocycles. The normalized spacial score (nSPS) is 15.5. The van der Waals surface area contributed by atoms with Gasteiger partial charge in [0.25, 0.3) is 0 Å². The van der Waals surface area contributed by atoms with Crippen molar-refractivity contribution in [2.45, 2.75) is 58.2 Å². The Kier molecular flexibility index (Phi) is 4.83. The summed E-state index contributed by atoms with van der Waals surface area (Å²) in [6.07, 6.45) is 5.43. The Morgan fingerprint density at radius 3 is 2.25 bits per heavy atom. The minimum absolute atomic E-state index is 0.115. The molecule has 0 atom stereocenters. The fourth-order valence-corrected chi connectivity index (χ4v) is 3.51. The molecule has 6 heteroatoms. The van der Waals surface area contributed by atoms with Gasteiger partial charge in [0, 0.05) is 12.6 Å². The summed E-state index contributed by atoms with van der Waals surface area (Å²) in [7, 11) is 0. The number of amides is 1. The van der Waals surface area contributed by atoms with Crippen LogP contribution in [0.15, 0.2) is 33.9 Å². The van der Waals surface area contributed by atoms with Gasteiger partial charge in [-0.1, -0.05) is 31.4 Å². The molecule has 3 rings (SSSR count). The number of para-hydroxylation sites is 2. The number of fused-ring (bicyclic) bond motifs is 1. The van der Waals surface area contributed by atoms with E-state index in [0.717, 1.165) is 25.7 Å². The molecule has 1 fully saturated rings. The first kappa shape index (κ1) is 16.5. The van der Waals surface area contributed by atoms with E-state index in [4.69, 9.17) is 0 Å². The van der Waals surface area contributed by atoms with Crippen LogP contribution >= 0.6 is 0 Å². The number of carbonyl (C=O) groups excluding carboxylic acids is 1. The van der Waals surface area contributed by atoms with Crippen molar-refractivity contribution in [3.05, 3.63) is 45.0 Å². The number of aryl methyl sites for hydroxylation is 1. The molecule has 0 aliphatic heterocycles. The highest BCUT2D eigenvalue weighted by molar-refractivity contribution is 5.80. The third-order valence-corrected chi connectivity index (χ3v) is 4.72. The van der Waals surface area contributed by atoms with Gasteiger partial charge in [-0.2, -0.15) is 0 Å². The fourth-order valence-electron chi connectivity index (χ4n) is 3.51. The molecule has 1 heterocycles. The van der Waals surface area contributed by atoms with Crippen molar-refractivity contribution >= 4 is 16.9 Å². The third kappa shape index (κ3) is 3.13. The standard InChI is InChI=1S/C18H23N3O3/c1-2-20-14-10-6-7-11-15(14)21(18(24)17(20)23)12-16(22)19-13-8-4-3-5-9-13/h6-7,10-11,13H,2-5,8-9,12H2,1H3,(H,19,22). The van der Waals surface area contributed by atoms with E-state index >= 15 is 0 Å². The molecule has 1 aliphatic carbocycles. The summed E-state index contributed by atoms with van der Waals surface area (Å²) in [4.78, 5) is 37.1. The molecule has 1 N–H and O–H groups in total. The Morgan fingerprint density at radius 1 is 1.04 bits per heavy atom. The van der Waals surface area contributed by atoms with Crippen LogP contribution in [0, 0.1) is 0 Å². The molecule has 0 radical (unpaired) electrons. The van der Waals surface area contributed by atoms with Gasteiger partial charge >= 0.3 is 11.1 Å². The zero-order valence-electron chi connectivity index (χ0n) is 14.0. The predicted octanol–water partition coefficient (Wildman–Crippen LogP) is 1.63. The van der Waals surface area contributed by atoms with E-state index in [1.807, 2.05) is 19.1 Å². The first-order chi connectivity index (χ1) is 11.6. The molecule has 1 aliphatic rings. The molecule has 0 unspecified atom stereocenters. The van der Waals surface area contributed by atoms with Gasteiger partial charge in [0.1, 0.15) is 6.54 Å². The molecular formula is C18H23N3O3. The summed E-state index contributed by atoms with van der Waals surface area (Å²) in [5.74, 6) is -0.206. The number of benzene rings is 1. The number of hydrogen-bond acceptors (Lipinski definition) is 3. The lowest BCUT2D eigenvalue weighted by molar-refractivity contribution is -0.122.